The van der Waals surface area contributed by atoms with Crippen LogP contribution in [0.3, 0.4) is 0 Å². The quantitative estimate of drug-likeness (QED) is 0.887. The fraction of sp³-hybridized carbons (Fsp3) is 0.400. The van der Waals surface area contributed by atoms with Crippen molar-refractivity contribution in [3.8, 4) is 0 Å². The number of hydrogen-bond donors (Lipinski definition) is 1. The molecule has 0 bridgehead atoms. The summed E-state index contributed by atoms with van der Waals surface area (Å²) < 4.78 is 2.20. The minimum absolute atomic E-state index is 0.211. The summed E-state index contributed by atoms with van der Waals surface area (Å²) in [7, 11) is 0. The Hall–Kier alpha value is 0.140. The second-order valence-electron chi connectivity index (χ2n) is 3.53. The fourth-order valence-corrected chi connectivity index (χ4v) is 2.79. The smallest absolute Gasteiger partial charge is 0.0334 e. The van der Waals surface area contributed by atoms with Gasteiger partial charge < -0.3 is 5.73 Å². The van der Waals surface area contributed by atoms with Gasteiger partial charge in [-0.1, -0.05) is 37.9 Å². The van der Waals surface area contributed by atoms with Gasteiger partial charge in [0.1, 0.15) is 0 Å². The molecule has 0 heterocycles. The van der Waals surface area contributed by atoms with Gasteiger partial charge in [0.25, 0.3) is 0 Å². The third-order valence-corrected chi connectivity index (χ3v) is 3.63. The van der Waals surface area contributed by atoms with Crippen LogP contribution in [0.1, 0.15) is 24.4 Å². The van der Waals surface area contributed by atoms with E-state index < -0.39 is 0 Å². The molecule has 1 aromatic carbocycles. The van der Waals surface area contributed by atoms with Crippen LogP contribution in [0.5, 0.6) is 0 Å². The van der Waals surface area contributed by atoms with Crippen LogP contribution < -0.4 is 5.73 Å². The SMILES string of the molecule is NC(c1ccc(Br)cc1Br)C1CC1. The largest absolute Gasteiger partial charge is 0.324 e. The van der Waals surface area contributed by atoms with E-state index in [-0.39, 0.29) is 6.04 Å². The minimum atomic E-state index is 0.211. The van der Waals surface area contributed by atoms with Gasteiger partial charge in [0.05, 0.1) is 0 Å². The maximum absolute atomic E-state index is 6.11. The monoisotopic (exact) mass is 303 g/mol. The van der Waals surface area contributed by atoms with E-state index in [2.05, 4.69) is 44.0 Å². The molecular formula is C10H11Br2N. The van der Waals surface area contributed by atoms with E-state index >= 15 is 0 Å². The Labute approximate surface area is 95.0 Å². The molecule has 1 aromatic rings. The van der Waals surface area contributed by atoms with Gasteiger partial charge in [-0.3, -0.25) is 0 Å². The van der Waals surface area contributed by atoms with Crippen LogP contribution in [0.2, 0.25) is 0 Å². The Morgan fingerprint density at radius 2 is 2.00 bits per heavy atom. The van der Waals surface area contributed by atoms with Gasteiger partial charge in [0.2, 0.25) is 0 Å². The summed E-state index contributed by atoms with van der Waals surface area (Å²) in [6.07, 6.45) is 2.56. The Bertz CT molecular complexity index is 321. The lowest BCUT2D eigenvalue weighted by atomic mass is 10.0. The van der Waals surface area contributed by atoms with Crippen LogP contribution in [0.25, 0.3) is 0 Å². The number of hydrogen-bond acceptors (Lipinski definition) is 1. The van der Waals surface area contributed by atoms with E-state index in [4.69, 9.17) is 5.73 Å². The molecule has 70 valence electrons. The van der Waals surface area contributed by atoms with Crippen molar-refractivity contribution >= 4 is 31.9 Å². The second-order valence-corrected chi connectivity index (χ2v) is 5.30. The topological polar surface area (TPSA) is 26.0 Å². The number of halogens is 2. The molecule has 0 aromatic heterocycles. The molecule has 2 N–H and O–H groups in total. The van der Waals surface area contributed by atoms with E-state index in [1.165, 1.54) is 18.4 Å². The van der Waals surface area contributed by atoms with Gasteiger partial charge in [-0.2, -0.15) is 0 Å². The molecule has 0 spiro atoms. The molecule has 0 saturated heterocycles. The molecule has 0 radical (unpaired) electrons. The van der Waals surface area contributed by atoms with E-state index in [9.17, 15) is 0 Å². The second kappa shape index (κ2) is 3.71. The Kier molecular flexibility index (Phi) is 2.77. The summed E-state index contributed by atoms with van der Waals surface area (Å²) >= 11 is 6.96. The highest BCUT2D eigenvalue weighted by atomic mass is 79.9. The van der Waals surface area contributed by atoms with Crippen LogP contribution in [-0.2, 0) is 0 Å². The summed E-state index contributed by atoms with van der Waals surface area (Å²) in [6, 6.07) is 6.40. The highest BCUT2D eigenvalue weighted by molar-refractivity contribution is 9.11. The van der Waals surface area contributed by atoms with Gasteiger partial charge >= 0.3 is 0 Å². The molecule has 1 aliphatic carbocycles. The lowest BCUT2D eigenvalue weighted by molar-refractivity contribution is 0.631. The molecule has 13 heavy (non-hydrogen) atoms. The third kappa shape index (κ3) is 2.14. The first kappa shape index (κ1) is 9.69. The number of nitrogens with two attached hydrogens (primary N) is 1. The van der Waals surface area contributed by atoms with E-state index in [1.807, 2.05) is 6.07 Å². The van der Waals surface area contributed by atoms with Crippen LogP contribution >= 0.6 is 31.9 Å². The van der Waals surface area contributed by atoms with Gasteiger partial charge in [0, 0.05) is 15.0 Å². The molecular weight excluding hydrogens is 294 g/mol. The van der Waals surface area contributed by atoms with Crippen LogP contribution in [0.4, 0.5) is 0 Å². The van der Waals surface area contributed by atoms with Crippen molar-refractivity contribution in [3.63, 3.8) is 0 Å². The zero-order valence-electron chi connectivity index (χ0n) is 7.13. The van der Waals surface area contributed by atoms with E-state index in [0.29, 0.717) is 5.92 Å². The number of rotatable bonds is 2. The molecule has 3 heteroatoms. The van der Waals surface area contributed by atoms with E-state index in [1.54, 1.807) is 0 Å². The zero-order chi connectivity index (χ0) is 9.42. The first-order chi connectivity index (χ1) is 6.18. The van der Waals surface area contributed by atoms with Crippen molar-refractivity contribution in [1.82, 2.24) is 0 Å². The van der Waals surface area contributed by atoms with E-state index in [0.717, 1.165) is 8.95 Å². The van der Waals surface area contributed by atoms with Gasteiger partial charge in [-0.25, -0.2) is 0 Å². The molecule has 1 nitrogen and oxygen atoms in total. The summed E-state index contributed by atoms with van der Waals surface area (Å²) in [4.78, 5) is 0. The molecule has 1 saturated carbocycles. The first-order valence-corrected chi connectivity index (χ1v) is 5.97. The number of benzene rings is 1. The van der Waals surface area contributed by atoms with Gasteiger partial charge in [-0.15, -0.1) is 0 Å². The minimum Gasteiger partial charge on any atom is -0.324 e. The molecule has 1 atom stereocenters. The Morgan fingerprint density at radius 3 is 2.54 bits per heavy atom. The summed E-state index contributed by atoms with van der Waals surface area (Å²) in [5.74, 6) is 0.706. The molecule has 2 rings (SSSR count). The summed E-state index contributed by atoms with van der Waals surface area (Å²) in [5.41, 5.74) is 7.33. The Morgan fingerprint density at radius 1 is 1.31 bits per heavy atom. The maximum atomic E-state index is 6.11. The highest BCUT2D eigenvalue weighted by Gasteiger charge is 2.30. The van der Waals surface area contributed by atoms with Crippen molar-refractivity contribution in [1.29, 1.82) is 0 Å². The molecule has 0 amide bonds. The van der Waals surface area contributed by atoms with Crippen molar-refractivity contribution in [2.75, 3.05) is 0 Å². The fourth-order valence-electron chi connectivity index (χ4n) is 1.48. The van der Waals surface area contributed by atoms with Crippen molar-refractivity contribution < 1.29 is 0 Å². The van der Waals surface area contributed by atoms with Crippen molar-refractivity contribution in [2.45, 2.75) is 18.9 Å². The predicted molar refractivity (Wildman–Crippen MR) is 61.5 cm³/mol. The van der Waals surface area contributed by atoms with Crippen molar-refractivity contribution in [2.24, 2.45) is 11.7 Å². The normalized spacial score (nSPS) is 18.7. The van der Waals surface area contributed by atoms with Gasteiger partial charge in [-0.05, 0) is 36.5 Å². The molecule has 1 unspecified atom stereocenters. The molecule has 1 aliphatic rings. The Balaban J connectivity index is 2.28. The highest BCUT2D eigenvalue weighted by Crippen LogP contribution is 2.41. The average Bonchev–Trinajstić information content (AvgIpc) is 2.85. The average molecular weight is 305 g/mol. The molecule has 0 aliphatic heterocycles. The van der Waals surface area contributed by atoms with Crippen LogP contribution in [0.15, 0.2) is 27.1 Å². The first-order valence-electron chi connectivity index (χ1n) is 4.39. The van der Waals surface area contributed by atoms with Crippen LogP contribution in [-0.4, -0.2) is 0 Å². The lowest BCUT2D eigenvalue weighted by Gasteiger charge is -2.12. The maximum Gasteiger partial charge on any atom is 0.0334 e. The standard InChI is InChI=1S/C10H11Br2N/c11-7-3-4-8(9(12)5-7)10(13)6-1-2-6/h3-6,10H,1-2,13H2. The molecule has 1 fully saturated rings. The van der Waals surface area contributed by atoms with Crippen molar-refractivity contribution in [3.05, 3.63) is 32.7 Å². The summed E-state index contributed by atoms with van der Waals surface area (Å²) in [5, 5.41) is 0. The zero-order valence-corrected chi connectivity index (χ0v) is 10.3. The lowest BCUT2D eigenvalue weighted by Crippen LogP contribution is -2.12. The third-order valence-electron chi connectivity index (χ3n) is 2.45. The predicted octanol–water partition coefficient (Wildman–Crippen LogP) is 3.62. The van der Waals surface area contributed by atoms with Gasteiger partial charge in [0.15, 0.2) is 0 Å². The summed E-state index contributed by atoms with van der Waals surface area (Å²) in [6.45, 7) is 0. The van der Waals surface area contributed by atoms with Crippen LogP contribution in [0, 0.1) is 5.92 Å².